The van der Waals surface area contributed by atoms with Gasteiger partial charge in [-0.25, -0.2) is 0 Å². The molecule has 2 aliphatic rings. The number of thiophene rings is 2. The van der Waals surface area contributed by atoms with Gasteiger partial charge in [0.25, 0.3) is 0 Å². The Hall–Kier alpha value is -1.98. The van der Waals surface area contributed by atoms with Crippen molar-refractivity contribution in [1.29, 1.82) is 0 Å². The molecule has 0 unspecified atom stereocenters. The third kappa shape index (κ3) is 2.29. The number of carbonyl (C=O) groups is 1. The lowest BCUT2D eigenvalue weighted by Crippen LogP contribution is -2.29. The lowest BCUT2D eigenvalue weighted by molar-refractivity contribution is 0.0849. The summed E-state index contributed by atoms with van der Waals surface area (Å²) in [6.45, 7) is 0. The summed E-state index contributed by atoms with van der Waals surface area (Å²) in [4.78, 5) is 15.3. The van der Waals surface area contributed by atoms with Gasteiger partial charge < -0.3 is 0 Å². The number of H-pyrrole nitrogens is 1. The summed E-state index contributed by atoms with van der Waals surface area (Å²) in [7, 11) is 0. The summed E-state index contributed by atoms with van der Waals surface area (Å²) in [5.41, 5.74) is 2.56. The second-order valence-electron chi connectivity index (χ2n) is 6.89. The van der Waals surface area contributed by atoms with Crippen molar-refractivity contribution in [1.82, 2.24) is 10.2 Å². The third-order valence-electron chi connectivity index (χ3n) is 5.50. The van der Waals surface area contributed by atoms with E-state index in [4.69, 9.17) is 0 Å². The van der Waals surface area contributed by atoms with Crippen molar-refractivity contribution >= 4 is 34.5 Å². The van der Waals surface area contributed by atoms with E-state index in [1.165, 1.54) is 16.2 Å². The molecule has 25 heavy (non-hydrogen) atoms. The standard InChI is InChI=1S/C20H18N2OS2/c23-19(13-4-1-5-13)18-14-8-9-20(12-15(14)21-22-18,16-6-2-10-24-16)17-7-3-11-25-17/h2-3,6-11,13H,1,4-5,12H2,(H,21,22). The summed E-state index contributed by atoms with van der Waals surface area (Å²) < 4.78 is 0. The van der Waals surface area contributed by atoms with Gasteiger partial charge in [-0.15, -0.1) is 22.7 Å². The fourth-order valence-corrected chi connectivity index (χ4v) is 5.75. The van der Waals surface area contributed by atoms with Crippen molar-refractivity contribution in [2.75, 3.05) is 0 Å². The molecular formula is C20H18N2OS2. The summed E-state index contributed by atoms with van der Waals surface area (Å²) in [6, 6.07) is 8.63. The van der Waals surface area contributed by atoms with Gasteiger partial charge in [0, 0.05) is 33.4 Å². The molecule has 3 aromatic rings. The predicted octanol–water partition coefficient (Wildman–Crippen LogP) is 5.07. The van der Waals surface area contributed by atoms with Crippen molar-refractivity contribution in [2.24, 2.45) is 5.92 Å². The van der Waals surface area contributed by atoms with Gasteiger partial charge in [-0.2, -0.15) is 5.10 Å². The normalized spacial score (nSPS) is 18.7. The van der Waals surface area contributed by atoms with E-state index in [1.807, 2.05) is 0 Å². The van der Waals surface area contributed by atoms with Crippen LogP contribution in [0.2, 0.25) is 0 Å². The van der Waals surface area contributed by atoms with E-state index in [-0.39, 0.29) is 17.1 Å². The SMILES string of the molecule is O=C(c1n[nH]c2c1C=CC(c1cccs1)(c1cccs1)C2)C1CCC1. The largest absolute Gasteiger partial charge is 0.292 e. The van der Waals surface area contributed by atoms with E-state index in [1.54, 1.807) is 22.7 Å². The first kappa shape index (κ1) is 15.3. The summed E-state index contributed by atoms with van der Waals surface area (Å²) in [5, 5.41) is 11.8. The summed E-state index contributed by atoms with van der Waals surface area (Å²) in [6.07, 6.45) is 8.41. The fourth-order valence-electron chi connectivity index (χ4n) is 3.84. The number of allylic oxidation sites excluding steroid dienone is 1. The molecule has 3 nitrogen and oxygen atoms in total. The van der Waals surface area contributed by atoms with Crippen LogP contribution in [0.25, 0.3) is 6.08 Å². The van der Waals surface area contributed by atoms with Crippen molar-refractivity contribution in [3.63, 3.8) is 0 Å². The molecule has 1 N–H and O–H groups in total. The minimum Gasteiger partial charge on any atom is -0.292 e. The highest BCUT2D eigenvalue weighted by Crippen LogP contribution is 2.45. The fraction of sp³-hybridized carbons (Fsp3) is 0.300. The number of nitrogens with one attached hydrogen (secondary N) is 1. The number of fused-ring (bicyclic) bond motifs is 1. The van der Waals surface area contributed by atoms with Crippen LogP contribution >= 0.6 is 22.7 Å². The number of nitrogens with zero attached hydrogens (tertiary/aromatic N) is 1. The van der Waals surface area contributed by atoms with Gasteiger partial charge in [0.2, 0.25) is 0 Å². The minimum absolute atomic E-state index is 0.154. The Bertz CT molecular complexity index is 896. The van der Waals surface area contributed by atoms with Gasteiger partial charge in [-0.1, -0.05) is 30.7 Å². The zero-order valence-electron chi connectivity index (χ0n) is 13.7. The minimum atomic E-state index is -0.154. The van der Waals surface area contributed by atoms with E-state index in [9.17, 15) is 4.79 Å². The monoisotopic (exact) mass is 366 g/mol. The second-order valence-corrected chi connectivity index (χ2v) is 8.79. The Balaban J connectivity index is 1.58. The zero-order valence-corrected chi connectivity index (χ0v) is 15.3. The molecule has 5 rings (SSSR count). The molecule has 5 heteroatoms. The van der Waals surface area contributed by atoms with Crippen LogP contribution in [0.1, 0.15) is 50.8 Å². The van der Waals surface area contributed by atoms with Crippen LogP contribution in [-0.4, -0.2) is 16.0 Å². The maximum atomic E-state index is 12.7. The number of hydrogen-bond donors (Lipinski definition) is 1. The van der Waals surface area contributed by atoms with E-state index < -0.39 is 0 Å². The molecule has 3 aromatic heterocycles. The average molecular weight is 367 g/mol. The van der Waals surface area contributed by atoms with Gasteiger partial charge in [0.05, 0.1) is 5.41 Å². The van der Waals surface area contributed by atoms with Crippen LogP contribution in [0.4, 0.5) is 0 Å². The molecule has 0 bridgehead atoms. The first-order valence-corrected chi connectivity index (χ1v) is 10.4. The molecule has 0 saturated heterocycles. The molecule has 1 fully saturated rings. The maximum absolute atomic E-state index is 12.7. The van der Waals surface area contributed by atoms with Crippen LogP contribution in [0.5, 0.6) is 0 Å². The Morgan fingerprint density at radius 1 is 1.16 bits per heavy atom. The van der Waals surface area contributed by atoms with E-state index in [0.29, 0.717) is 5.69 Å². The highest BCUT2D eigenvalue weighted by Gasteiger charge is 2.39. The molecule has 2 aliphatic carbocycles. The number of aromatic amines is 1. The molecule has 1 saturated carbocycles. The topological polar surface area (TPSA) is 45.8 Å². The Labute approximate surface area is 154 Å². The molecule has 126 valence electrons. The summed E-state index contributed by atoms with van der Waals surface area (Å²) in [5.74, 6) is 0.398. The lowest BCUT2D eigenvalue weighted by Gasteiger charge is -2.31. The Kier molecular flexibility index (Phi) is 3.54. The van der Waals surface area contributed by atoms with Gasteiger partial charge in [-0.05, 0) is 35.7 Å². The molecule has 0 amide bonds. The van der Waals surface area contributed by atoms with E-state index in [0.717, 1.165) is 30.5 Å². The third-order valence-corrected chi connectivity index (χ3v) is 7.60. The predicted molar refractivity (Wildman–Crippen MR) is 102 cm³/mol. The van der Waals surface area contributed by atoms with Gasteiger partial charge in [0.15, 0.2) is 5.78 Å². The van der Waals surface area contributed by atoms with Gasteiger partial charge >= 0.3 is 0 Å². The molecular weight excluding hydrogens is 348 g/mol. The zero-order chi connectivity index (χ0) is 16.9. The molecule has 0 atom stereocenters. The van der Waals surface area contributed by atoms with Crippen molar-refractivity contribution < 1.29 is 4.79 Å². The van der Waals surface area contributed by atoms with E-state index >= 15 is 0 Å². The second kappa shape index (κ2) is 5.78. The molecule has 0 aromatic carbocycles. The number of ketones is 1. The Morgan fingerprint density at radius 2 is 1.88 bits per heavy atom. The van der Waals surface area contributed by atoms with Crippen LogP contribution in [0.15, 0.2) is 41.1 Å². The smallest absolute Gasteiger partial charge is 0.186 e. The number of Topliss-reactive ketones (excluding diaryl/α,β-unsaturated/α-hetero) is 1. The molecule has 0 spiro atoms. The Morgan fingerprint density at radius 3 is 2.44 bits per heavy atom. The average Bonchev–Trinajstić information content (AvgIpc) is 3.32. The number of aromatic nitrogens is 2. The molecule has 3 heterocycles. The van der Waals surface area contributed by atoms with Crippen molar-refractivity contribution in [3.05, 3.63) is 67.8 Å². The molecule has 0 radical (unpaired) electrons. The maximum Gasteiger partial charge on any atom is 0.186 e. The van der Waals surface area contributed by atoms with Gasteiger partial charge in [-0.3, -0.25) is 9.89 Å². The quantitative estimate of drug-likeness (QED) is 0.655. The molecule has 0 aliphatic heterocycles. The van der Waals surface area contributed by atoms with Gasteiger partial charge in [0.1, 0.15) is 5.69 Å². The first-order valence-electron chi connectivity index (χ1n) is 8.66. The van der Waals surface area contributed by atoms with Crippen molar-refractivity contribution in [2.45, 2.75) is 31.1 Å². The number of hydrogen-bond acceptors (Lipinski definition) is 4. The van der Waals surface area contributed by atoms with Crippen LogP contribution in [0, 0.1) is 5.92 Å². The van der Waals surface area contributed by atoms with E-state index in [2.05, 4.69) is 57.4 Å². The van der Waals surface area contributed by atoms with Crippen LogP contribution < -0.4 is 0 Å². The van der Waals surface area contributed by atoms with Crippen LogP contribution in [0.3, 0.4) is 0 Å². The highest BCUT2D eigenvalue weighted by atomic mass is 32.1. The van der Waals surface area contributed by atoms with Crippen LogP contribution in [-0.2, 0) is 11.8 Å². The highest BCUT2D eigenvalue weighted by molar-refractivity contribution is 7.11. The first-order chi connectivity index (χ1) is 12.3. The van der Waals surface area contributed by atoms with Crippen molar-refractivity contribution in [3.8, 4) is 0 Å². The lowest BCUT2D eigenvalue weighted by atomic mass is 9.74. The summed E-state index contributed by atoms with van der Waals surface area (Å²) >= 11 is 3.57. The number of carbonyl (C=O) groups excluding carboxylic acids is 1. The number of rotatable bonds is 4.